The highest BCUT2D eigenvalue weighted by Crippen LogP contribution is 2.51. The molecule has 0 radical (unpaired) electrons. The van der Waals surface area contributed by atoms with Crippen LogP contribution in [0.3, 0.4) is 0 Å². The summed E-state index contributed by atoms with van der Waals surface area (Å²) in [6.07, 6.45) is -0.652. The van der Waals surface area contributed by atoms with Gasteiger partial charge in [-0.1, -0.05) is 44.2 Å². The van der Waals surface area contributed by atoms with Gasteiger partial charge >= 0.3 is 6.09 Å². The van der Waals surface area contributed by atoms with Crippen LogP contribution in [0, 0.1) is 11.7 Å². The zero-order valence-electron chi connectivity index (χ0n) is 18.7. The number of carbonyl (C=O) groups is 2. The topological polar surface area (TPSA) is 67.9 Å². The van der Waals surface area contributed by atoms with Crippen LogP contribution in [0.25, 0.3) is 0 Å². The summed E-state index contributed by atoms with van der Waals surface area (Å²) in [6, 6.07) is 18.6. The summed E-state index contributed by atoms with van der Waals surface area (Å²) in [5.74, 6) is -0.700. The van der Waals surface area contributed by atoms with Gasteiger partial charge < -0.3 is 9.47 Å². The number of carbonyl (C=O) groups excluding carboxylic acids is 2. The maximum absolute atomic E-state index is 13.5. The molecule has 170 valence electrons. The van der Waals surface area contributed by atoms with Crippen molar-refractivity contribution in [1.29, 1.82) is 0 Å². The molecule has 1 unspecified atom stereocenters. The van der Waals surface area contributed by atoms with Gasteiger partial charge in [0.25, 0.3) is 0 Å². The maximum Gasteiger partial charge on any atom is 0.412 e. The molecule has 2 amide bonds. The Labute approximate surface area is 191 Å². The first kappa shape index (κ1) is 22.3. The quantitative estimate of drug-likeness (QED) is 0.502. The second-order valence-electron chi connectivity index (χ2n) is 8.13. The van der Waals surface area contributed by atoms with Crippen molar-refractivity contribution in [3.05, 3.63) is 83.7 Å². The number of benzene rings is 3. The van der Waals surface area contributed by atoms with Crippen molar-refractivity contribution in [3.8, 4) is 5.75 Å². The van der Waals surface area contributed by atoms with E-state index in [0.29, 0.717) is 28.4 Å². The highest BCUT2D eigenvalue weighted by atomic mass is 19.1. The molecule has 0 spiro atoms. The summed E-state index contributed by atoms with van der Waals surface area (Å²) in [4.78, 5) is 27.7. The van der Waals surface area contributed by atoms with Crippen molar-refractivity contribution in [1.82, 2.24) is 0 Å². The molecule has 0 aromatic heterocycles. The number of anilines is 3. The van der Waals surface area contributed by atoms with E-state index in [0.717, 1.165) is 5.56 Å². The van der Waals surface area contributed by atoms with Gasteiger partial charge in [0.05, 0.1) is 24.4 Å². The molecule has 7 heteroatoms. The minimum absolute atomic E-state index is 0.0605. The standard InChI is InChI=1S/C26H25FN2O4/c1-16(2)22-23-20(29(25(22)30)19-11-9-18(27)10-12-19)13-14-21(32-3)24(23)28-26(31)33-15-17-7-5-4-6-8-17/h4-14,16,22H,15H2,1-3H3,(H,28,31). The Bertz CT molecular complexity index is 1160. The Balaban J connectivity index is 1.71. The van der Waals surface area contributed by atoms with E-state index in [2.05, 4.69) is 5.32 Å². The van der Waals surface area contributed by atoms with Gasteiger partial charge in [0, 0.05) is 11.3 Å². The number of halogens is 1. The summed E-state index contributed by atoms with van der Waals surface area (Å²) in [5.41, 5.74) is 3.06. The van der Waals surface area contributed by atoms with E-state index in [-0.39, 0.29) is 24.2 Å². The largest absolute Gasteiger partial charge is 0.495 e. The van der Waals surface area contributed by atoms with Crippen molar-refractivity contribution in [2.45, 2.75) is 26.4 Å². The third-order valence-corrected chi connectivity index (χ3v) is 5.63. The molecule has 6 nitrogen and oxygen atoms in total. The summed E-state index contributed by atoms with van der Waals surface area (Å²) in [7, 11) is 1.50. The molecule has 3 aromatic carbocycles. The van der Waals surface area contributed by atoms with E-state index in [1.807, 2.05) is 44.2 Å². The normalized spacial score (nSPS) is 14.9. The van der Waals surface area contributed by atoms with E-state index in [1.165, 1.54) is 19.2 Å². The molecule has 3 aromatic rings. The Morgan fingerprint density at radius 2 is 1.76 bits per heavy atom. The molecule has 0 fully saturated rings. The van der Waals surface area contributed by atoms with Gasteiger partial charge in [-0.25, -0.2) is 9.18 Å². The van der Waals surface area contributed by atoms with Crippen molar-refractivity contribution in [3.63, 3.8) is 0 Å². The molecule has 33 heavy (non-hydrogen) atoms. The van der Waals surface area contributed by atoms with Gasteiger partial charge in [-0.3, -0.25) is 15.0 Å². The number of fused-ring (bicyclic) bond motifs is 1. The van der Waals surface area contributed by atoms with Crippen LogP contribution in [0.5, 0.6) is 5.75 Å². The second-order valence-corrected chi connectivity index (χ2v) is 8.13. The molecular weight excluding hydrogens is 423 g/mol. The maximum atomic E-state index is 13.5. The van der Waals surface area contributed by atoms with Crippen LogP contribution < -0.4 is 15.0 Å². The number of hydrogen-bond donors (Lipinski definition) is 1. The van der Waals surface area contributed by atoms with E-state index in [9.17, 15) is 14.0 Å². The van der Waals surface area contributed by atoms with Crippen molar-refractivity contribution < 1.29 is 23.5 Å². The third-order valence-electron chi connectivity index (χ3n) is 5.63. The summed E-state index contributed by atoms with van der Waals surface area (Å²) in [6.45, 7) is 3.99. The molecule has 1 heterocycles. The highest BCUT2D eigenvalue weighted by molar-refractivity contribution is 6.13. The van der Waals surface area contributed by atoms with Gasteiger partial charge in [-0.2, -0.15) is 0 Å². The number of hydrogen-bond acceptors (Lipinski definition) is 4. The Hall–Kier alpha value is -3.87. The van der Waals surface area contributed by atoms with Crippen LogP contribution in [0.1, 0.15) is 30.9 Å². The lowest BCUT2D eigenvalue weighted by Crippen LogP contribution is -2.26. The van der Waals surface area contributed by atoms with Crippen molar-refractivity contribution in [2.75, 3.05) is 17.3 Å². The molecule has 0 bridgehead atoms. The molecular formula is C26H25FN2O4. The lowest BCUT2D eigenvalue weighted by Gasteiger charge is -2.19. The fourth-order valence-electron chi connectivity index (χ4n) is 4.11. The van der Waals surface area contributed by atoms with E-state index < -0.39 is 12.0 Å². The van der Waals surface area contributed by atoms with Gasteiger partial charge in [0.1, 0.15) is 18.2 Å². The number of nitrogens with zero attached hydrogens (tertiary/aromatic N) is 1. The monoisotopic (exact) mass is 448 g/mol. The smallest absolute Gasteiger partial charge is 0.412 e. The minimum atomic E-state index is -0.652. The zero-order chi connectivity index (χ0) is 23.5. The van der Waals surface area contributed by atoms with Crippen LogP contribution in [-0.4, -0.2) is 19.1 Å². The first-order valence-electron chi connectivity index (χ1n) is 10.7. The summed E-state index contributed by atoms with van der Waals surface area (Å²) in [5, 5.41) is 2.79. The number of rotatable bonds is 6. The van der Waals surface area contributed by atoms with Crippen LogP contribution in [0.4, 0.5) is 26.2 Å². The molecule has 1 N–H and O–H groups in total. The number of amides is 2. The molecule has 4 rings (SSSR count). The number of methoxy groups -OCH3 is 1. The van der Waals surface area contributed by atoms with E-state index >= 15 is 0 Å². The molecule has 1 aliphatic heterocycles. The van der Waals surface area contributed by atoms with Gasteiger partial charge in [0.2, 0.25) is 5.91 Å². The van der Waals surface area contributed by atoms with E-state index in [4.69, 9.17) is 9.47 Å². The Kier molecular flexibility index (Phi) is 6.31. The zero-order valence-corrected chi connectivity index (χ0v) is 18.7. The average Bonchev–Trinajstić information content (AvgIpc) is 3.11. The summed E-state index contributed by atoms with van der Waals surface area (Å²) < 4.78 is 24.4. The van der Waals surface area contributed by atoms with Crippen molar-refractivity contribution in [2.24, 2.45) is 5.92 Å². The molecule has 0 aliphatic carbocycles. The first-order chi connectivity index (χ1) is 15.9. The van der Waals surface area contributed by atoms with Crippen LogP contribution >= 0.6 is 0 Å². The van der Waals surface area contributed by atoms with Crippen LogP contribution in [0.2, 0.25) is 0 Å². The predicted molar refractivity (Wildman–Crippen MR) is 124 cm³/mol. The number of nitrogens with one attached hydrogen (secondary N) is 1. The third kappa shape index (κ3) is 4.39. The highest BCUT2D eigenvalue weighted by Gasteiger charge is 2.42. The first-order valence-corrected chi connectivity index (χ1v) is 10.7. The van der Waals surface area contributed by atoms with E-state index in [1.54, 1.807) is 29.2 Å². The van der Waals surface area contributed by atoms with Crippen molar-refractivity contribution >= 4 is 29.1 Å². The molecule has 0 saturated heterocycles. The fraction of sp³-hybridized carbons (Fsp3) is 0.231. The fourth-order valence-corrected chi connectivity index (χ4v) is 4.11. The molecule has 0 saturated carbocycles. The lowest BCUT2D eigenvalue weighted by atomic mass is 9.88. The Morgan fingerprint density at radius 1 is 1.06 bits per heavy atom. The SMILES string of the molecule is COc1ccc2c(c1NC(=O)OCc1ccccc1)C(C(C)C)C(=O)N2c1ccc(F)cc1. The Morgan fingerprint density at radius 3 is 2.39 bits per heavy atom. The average molecular weight is 448 g/mol. The minimum Gasteiger partial charge on any atom is -0.495 e. The molecule has 1 atom stereocenters. The van der Waals surface area contributed by atoms with Gasteiger partial charge in [0.15, 0.2) is 0 Å². The predicted octanol–water partition coefficient (Wildman–Crippen LogP) is 6.00. The summed E-state index contributed by atoms with van der Waals surface area (Å²) >= 11 is 0. The lowest BCUT2D eigenvalue weighted by molar-refractivity contribution is -0.119. The second kappa shape index (κ2) is 9.32. The van der Waals surface area contributed by atoms with Crippen LogP contribution in [0.15, 0.2) is 66.7 Å². The molecule has 1 aliphatic rings. The number of ether oxygens (including phenoxy) is 2. The van der Waals surface area contributed by atoms with Crippen LogP contribution in [-0.2, 0) is 16.1 Å². The van der Waals surface area contributed by atoms with Gasteiger partial charge in [-0.15, -0.1) is 0 Å². The van der Waals surface area contributed by atoms with Gasteiger partial charge in [-0.05, 0) is 47.9 Å².